The summed E-state index contributed by atoms with van der Waals surface area (Å²) in [6, 6.07) is 1.83. The average molecular weight is 176 g/mol. The molecule has 13 heavy (non-hydrogen) atoms. The molecule has 1 heterocycles. The maximum atomic E-state index is 8.83. The number of nitrogens with one attached hydrogen (secondary N) is 1. The molecule has 3 nitrogen and oxygen atoms in total. The van der Waals surface area contributed by atoms with Gasteiger partial charge in [0, 0.05) is 18.0 Å². The van der Waals surface area contributed by atoms with Crippen molar-refractivity contribution in [2.45, 2.75) is 6.61 Å². The number of aliphatic hydroxyl groups excluding tert-OH is 1. The minimum absolute atomic E-state index is 0.00848. The van der Waals surface area contributed by atoms with E-state index in [0.29, 0.717) is 6.54 Å². The third-order valence-electron chi connectivity index (χ3n) is 1.48. The van der Waals surface area contributed by atoms with Crippen LogP contribution in [0.3, 0.4) is 0 Å². The minimum Gasteiger partial charge on any atom is -0.392 e. The van der Waals surface area contributed by atoms with Crippen LogP contribution >= 0.6 is 0 Å². The van der Waals surface area contributed by atoms with E-state index in [4.69, 9.17) is 5.11 Å². The normalized spacial score (nSPS) is 9.08. The Morgan fingerprint density at radius 2 is 2.38 bits per heavy atom. The maximum absolute atomic E-state index is 8.83. The van der Waals surface area contributed by atoms with Gasteiger partial charge in [-0.05, 0) is 18.7 Å². The van der Waals surface area contributed by atoms with Gasteiger partial charge in [-0.25, -0.2) is 0 Å². The fraction of sp³-hybridized carbons (Fsp3) is 0.300. The van der Waals surface area contributed by atoms with Crippen molar-refractivity contribution in [2.24, 2.45) is 0 Å². The van der Waals surface area contributed by atoms with Crippen LogP contribution in [0.4, 0.5) is 0 Å². The second-order valence-electron chi connectivity index (χ2n) is 2.57. The highest BCUT2D eigenvalue weighted by Gasteiger charge is 1.91. The largest absolute Gasteiger partial charge is 0.392 e. The van der Waals surface area contributed by atoms with Gasteiger partial charge >= 0.3 is 0 Å². The van der Waals surface area contributed by atoms with Gasteiger partial charge in [0.05, 0.1) is 13.2 Å². The molecule has 0 aliphatic rings. The van der Waals surface area contributed by atoms with Crippen LogP contribution in [0.15, 0.2) is 18.5 Å². The Kier molecular flexibility index (Phi) is 3.97. The van der Waals surface area contributed by atoms with Gasteiger partial charge < -0.3 is 10.4 Å². The second-order valence-corrected chi connectivity index (χ2v) is 2.57. The lowest BCUT2D eigenvalue weighted by Crippen LogP contribution is -2.04. The smallest absolute Gasteiger partial charge is 0.0697 e. The monoisotopic (exact) mass is 176 g/mol. The van der Waals surface area contributed by atoms with Crippen molar-refractivity contribution in [1.82, 2.24) is 10.3 Å². The molecule has 0 aliphatic heterocycles. The molecule has 1 aromatic heterocycles. The van der Waals surface area contributed by atoms with Gasteiger partial charge in [0.25, 0.3) is 0 Å². The molecule has 0 fully saturated rings. The zero-order valence-corrected chi connectivity index (χ0v) is 7.54. The van der Waals surface area contributed by atoms with E-state index in [2.05, 4.69) is 22.1 Å². The van der Waals surface area contributed by atoms with E-state index in [9.17, 15) is 0 Å². The van der Waals surface area contributed by atoms with E-state index < -0.39 is 0 Å². The van der Waals surface area contributed by atoms with Crippen LogP contribution in [0, 0.1) is 11.8 Å². The molecule has 0 spiro atoms. The van der Waals surface area contributed by atoms with E-state index in [1.165, 1.54) is 0 Å². The predicted octanol–water partition coefficient (Wildman–Crippen LogP) is 0.145. The van der Waals surface area contributed by atoms with Crippen LogP contribution < -0.4 is 5.32 Å². The third kappa shape index (κ3) is 3.24. The Balaban J connectivity index is 2.73. The summed E-state index contributed by atoms with van der Waals surface area (Å²) >= 11 is 0. The third-order valence-corrected chi connectivity index (χ3v) is 1.48. The predicted molar refractivity (Wildman–Crippen MR) is 51.0 cm³/mol. The number of pyridine rings is 1. The SMILES string of the molecule is CNCC#Cc1cncc(CO)c1. The van der Waals surface area contributed by atoms with E-state index in [1.807, 2.05) is 13.1 Å². The van der Waals surface area contributed by atoms with Gasteiger partial charge in [-0.15, -0.1) is 0 Å². The van der Waals surface area contributed by atoms with Crippen LogP contribution in [-0.2, 0) is 6.61 Å². The lowest BCUT2D eigenvalue weighted by atomic mass is 10.2. The minimum atomic E-state index is 0.00848. The molecule has 0 aliphatic carbocycles. The van der Waals surface area contributed by atoms with Crippen molar-refractivity contribution >= 4 is 0 Å². The van der Waals surface area contributed by atoms with Crippen LogP contribution in [-0.4, -0.2) is 23.7 Å². The van der Waals surface area contributed by atoms with Gasteiger partial charge in [-0.2, -0.15) is 0 Å². The van der Waals surface area contributed by atoms with Crippen LogP contribution in [0.1, 0.15) is 11.1 Å². The molecular formula is C10H12N2O. The van der Waals surface area contributed by atoms with E-state index in [-0.39, 0.29) is 6.61 Å². The Bertz CT molecular complexity index is 325. The number of rotatable bonds is 2. The van der Waals surface area contributed by atoms with Crippen molar-refractivity contribution < 1.29 is 5.11 Å². The zero-order valence-electron chi connectivity index (χ0n) is 7.54. The summed E-state index contributed by atoms with van der Waals surface area (Å²) in [6.45, 7) is 0.665. The lowest BCUT2D eigenvalue weighted by Gasteiger charge is -1.94. The molecule has 0 saturated heterocycles. The van der Waals surface area contributed by atoms with Crippen molar-refractivity contribution in [3.63, 3.8) is 0 Å². The van der Waals surface area contributed by atoms with Gasteiger partial charge in [0.1, 0.15) is 0 Å². The molecular weight excluding hydrogens is 164 g/mol. The van der Waals surface area contributed by atoms with E-state index in [0.717, 1.165) is 11.1 Å². The Labute approximate surface area is 77.8 Å². The number of hydrogen-bond donors (Lipinski definition) is 2. The fourth-order valence-electron chi connectivity index (χ4n) is 0.877. The Morgan fingerprint density at radius 3 is 3.08 bits per heavy atom. The fourth-order valence-corrected chi connectivity index (χ4v) is 0.877. The Morgan fingerprint density at radius 1 is 1.54 bits per heavy atom. The first kappa shape index (κ1) is 9.72. The van der Waals surface area contributed by atoms with Crippen LogP contribution in [0.2, 0.25) is 0 Å². The molecule has 0 bridgehead atoms. The van der Waals surface area contributed by atoms with Gasteiger partial charge in [0.2, 0.25) is 0 Å². The maximum Gasteiger partial charge on any atom is 0.0697 e. The molecule has 0 unspecified atom stereocenters. The Hall–Kier alpha value is -1.37. The second kappa shape index (κ2) is 5.31. The molecule has 1 rings (SSSR count). The average Bonchev–Trinajstić information content (AvgIpc) is 2.19. The lowest BCUT2D eigenvalue weighted by molar-refractivity contribution is 0.281. The van der Waals surface area contributed by atoms with Crippen molar-refractivity contribution in [1.29, 1.82) is 0 Å². The summed E-state index contributed by atoms with van der Waals surface area (Å²) in [4.78, 5) is 3.95. The number of aromatic nitrogens is 1. The van der Waals surface area contributed by atoms with Crippen LogP contribution in [0.5, 0.6) is 0 Å². The molecule has 0 amide bonds. The summed E-state index contributed by atoms with van der Waals surface area (Å²) in [5.41, 5.74) is 1.62. The van der Waals surface area contributed by atoms with Crippen molar-refractivity contribution in [3.8, 4) is 11.8 Å². The highest BCUT2D eigenvalue weighted by molar-refractivity contribution is 5.34. The van der Waals surface area contributed by atoms with Gasteiger partial charge in [-0.1, -0.05) is 11.8 Å². The molecule has 2 N–H and O–H groups in total. The summed E-state index contributed by atoms with van der Waals surface area (Å²) in [6.07, 6.45) is 3.31. The molecule has 0 aromatic carbocycles. The number of hydrogen-bond acceptors (Lipinski definition) is 3. The van der Waals surface area contributed by atoms with Crippen molar-refractivity contribution in [3.05, 3.63) is 29.6 Å². The summed E-state index contributed by atoms with van der Waals surface area (Å²) in [7, 11) is 1.84. The summed E-state index contributed by atoms with van der Waals surface area (Å²) in [5.74, 6) is 5.85. The van der Waals surface area contributed by atoms with Gasteiger partial charge in [0.15, 0.2) is 0 Å². The van der Waals surface area contributed by atoms with Crippen LogP contribution in [0.25, 0.3) is 0 Å². The number of nitrogens with zero attached hydrogens (tertiary/aromatic N) is 1. The molecule has 0 atom stereocenters. The number of aliphatic hydroxyl groups is 1. The molecule has 3 heteroatoms. The first-order valence-corrected chi connectivity index (χ1v) is 4.05. The standard InChI is InChI=1S/C10H12N2O/c1-11-4-2-3-9-5-10(8-13)7-12-6-9/h5-7,11,13H,4,8H2,1H3. The highest BCUT2D eigenvalue weighted by Crippen LogP contribution is 2.00. The van der Waals surface area contributed by atoms with E-state index >= 15 is 0 Å². The van der Waals surface area contributed by atoms with E-state index in [1.54, 1.807) is 12.4 Å². The molecule has 1 aromatic rings. The zero-order chi connectivity index (χ0) is 9.52. The topological polar surface area (TPSA) is 45.2 Å². The molecule has 68 valence electrons. The first-order valence-electron chi connectivity index (χ1n) is 4.05. The van der Waals surface area contributed by atoms with Gasteiger partial charge in [-0.3, -0.25) is 4.98 Å². The molecule has 0 saturated carbocycles. The highest BCUT2D eigenvalue weighted by atomic mass is 16.3. The van der Waals surface area contributed by atoms with Crippen molar-refractivity contribution in [2.75, 3.05) is 13.6 Å². The molecule has 0 radical (unpaired) electrons. The summed E-state index contributed by atoms with van der Waals surface area (Å²) < 4.78 is 0. The quantitative estimate of drug-likeness (QED) is 0.630. The summed E-state index contributed by atoms with van der Waals surface area (Å²) in [5, 5.41) is 11.8. The first-order chi connectivity index (χ1) is 6.36.